The minimum Gasteiger partial charge on any atom is -0.352 e. The molecule has 130 valence electrons. The molecule has 5 nitrogen and oxygen atoms in total. The van der Waals surface area contributed by atoms with Gasteiger partial charge in [0.25, 0.3) is 11.8 Å². The van der Waals surface area contributed by atoms with Crippen LogP contribution in [0.3, 0.4) is 0 Å². The fourth-order valence-corrected chi connectivity index (χ4v) is 2.79. The summed E-state index contributed by atoms with van der Waals surface area (Å²) < 4.78 is 0. The predicted molar refractivity (Wildman–Crippen MR) is 105 cm³/mol. The quantitative estimate of drug-likeness (QED) is 0.687. The molecule has 2 aromatic carbocycles. The molecule has 3 N–H and O–H groups in total. The first-order chi connectivity index (χ1) is 11.9. The Kier molecular flexibility index (Phi) is 6.75. The van der Waals surface area contributed by atoms with E-state index >= 15 is 0 Å². The number of hydrogen-bond donors (Lipinski definition) is 3. The van der Waals surface area contributed by atoms with Crippen LogP contribution in [0.5, 0.6) is 0 Å². The molecular weight excluding hydrogens is 381 g/mol. The molecular formula is C17H15Cl2N3O2S. The van der Waals surface area contributed by atoms with E-state index < -0.39 is 5.91 Å². The van der Waals surface area contributed by atoms with Gasteiger partial charge in [0.1, 0.15) is 0 Å². The first-order valence-corrected chi connectivity index (χ1v) is 8.52. The molecule has 2 rings (SSSR count). The molecule has 0 aliphatic heterocycles. The Hall–Kier alpha value is -2.15. The number of benzene rings is 2. The lowest BCUT2D eigenvalue weighted by atomic mass is 10.1. The topological polar surface area (TPSA) is 70.2 Å². The van der Waals surface area contributed by atoms with Gasteiger partial charge in [0, 0.05) is 22.2 Å². The number of anilines is 1. The molecule has 0 fully saturated rings. The average molecular weight is 396 g/mol. The number of carbonyl (C=O) groups excluding carboxylic acids is 2. The number of amides is 2. The summed E-state index contributed by atoms with van der Waals surface area (Å²) in [6.07, 6.45) is 0. The Morgan fingerprint density at radius 1 is 1.04 bits per heavy atom. The Balaban J connectivity index is 2.10. The molecule has 0 radical (unpaired) electrons. The van der Waals surface area contributed by atoms with Crippen molar-refractivity contribution in [2.75, 3.05) is 11.9 Å². The molecule has 0 spiro atoms. The maximum absolute atomic E-state index is 12.2. The van der Waals surface area contributed by atoms with Crippen molar-refractivity contribution in [2.24, 2.45) is 0 Å². The summed E-state index contributed by atoms with van der Waals surface area (Å²) >= 11 is 16.9. The molecule has 0 heterocycles. The first-order valence-electron chi connectivity index (χ1n) is 7.36. The third-order valence-corrected chi connectivity index (χ3v) is 3.75. The van der Waals surface area contributed by atoms with Crippen LogP contribution in [-0.4, -0.2) is 23.5 Å². The van der Waals surface area contributed by atoms with Crippen LogP contribution in [0.1, 0.15) is 27.6 Å². The first kappa shape index (κ1) is 19.2. The fourth-order valence-electron chi connectivity index (χ4n) is 2.06. The van der Waals surface area contributed by atoms with Crippen molar-refractivity contribution in [3.05, 3.63) is 63.6 Å². The van der Waals surface area contributed by atoms with Crippen molar-refractivity contribution < 1.29 is 9.59 Å². The summed E-state index contributed by atoms with van der Waals surface area (Å²) in [5, 5.41) is 8.84. The second-order valence-electron chi connectivity index (χ2n) is 4.97. The number of para-hydroxylation sites is 1. The third kappa shape index (κ3) is 5.42. The summed E-state index contributed by atoms with van der Waals surface area (Å²) in [6.45, 7) is 2.33. The van der Waals surface area contributed by atoms with Crippen molar-refractivity contribution in [1.82, 2.24) is 10.6 Å². The Morgan fingerprint density at radius 2 is 1.68 bits per heavy atom. The van der Waals surface area contributed by atoms with Crippen molar-refractivity contribution in [3.63, 3.8) is 0 Å². The smallest absolute Gasteiger partial charge is 0.257 e. The van der Waals surface area contributed by atoms with Gasteiger partial charge >= 0.3 is 0 Å². The van der Waals surface area contributed by atoms with Crippen LogP contribution in [-0.2, 0) is 0 Å². The zero-order valence-corrected chi connectivity index (χ0v) is 15.6. The van der Waals surface area contributed by atoms with E-state index in [-0.39, 0.29) is 16.6 Å². The zero-order valence-electron chi connectivity index (χ0n) is 13.2. The minimum atomic E-state index is -0.461. The van der Waals surface area contributed by atoms with E-state index in [1.54, 1.807) is 24.3 Å². The highest BCUT2D eigenvalue weighted by atomic mass is 35.5. The molecule has 0 aromatic heterocycles. The molecule has 0 saturated carbocycles. The predicted octanol–water partition coefficient (Wildman–Crippen LogP) is 3.87. The molecule has 2 aromatic rings. The van der Waals surface area contributed by atoms with Crippen LogP contribution < -0.4 is 16.0 Å². The third-order valence-electron chi connectivity index (χ3n) is 3.11. The Bertz CT molecular complexity index is 807. The van der Waals surface area contributed by atoms with Crippen LogP contribution in [0.15, 0.2) is 42.5 Å². The monoisotopic (exact) mass is 395 g/mol. The summed E-state index contributed by atoms with van der Waals surface area (Å²) in [5.74, 6) is -0.696. The lowest BCUT2D eigenvalue weighted by Gasteiger charge is -2.13. The molecule has 0 saturated heterocycles. The zero-order chi connectivity index (χ0) is 18.4. The number of halogens is 2. The Labute approximate surface area is 160 Å². The summed E-state index contributed by atoms with van der Waals surface area (Å²) in [6, 6.07) is 11.3. The Morgan fingerprint density at radius 3 is 2.32 bits per heavy atom. The fraction of sp³-hybridized carbons (Fsp3) is 0.118. The van der Waals surface area contributed by atoms with Crippen LogP contribution in [0.4, 0.5) is 5.69 Å². The molecule has 0 bridgehead atoms. The van der Waals surface area contributed by atoms with Gasteiger partial charge in [0.15, 0.2) is 5.11 Å². The maximum atomic E-state index is 12.2. The van der Waals surface area contributed by atoms with Crippen molar-refractivity contribution in [1.29, 1.82) is 0 Å². The van der Waals surface area contributed by atoms with Gasteiger partial charge in [-0.15, -0.1) is 0 Å². The SMILES string of the molecule is CCNC(=O)c1ccccc1NC(=S)NC(=O)c1cc(Cl)cc(Cl)c1. The number of carbonyl (C=O) groups is 2. The van der Waals surface area contributed by atoms with Gasteiger partial charge in [-0.1, -0.05) is 35.3 Å². The van der Waals surface area contributed by atoms with E-state index in [2.05, 4.69) is 16.0 Å². The standard InChI is InChI=1S/C17H15Cl2N3O2S/c1-2-20-16(24)13-5-3-4-6-14(13)21-17(25)22-15(23)10-7-11(18)9-12(19)8-10/h3-9H,2H2,1H3,(H,20,24)(H2,21,22,23,25). The van der Waals surface area contributed by atoms with E-state index in [1.165, 1.54) is 18.2 Å². The number of thiocarbonyl (C=S) groups is 1. The molecule has 0 unspecified atom stereocenters. The maximum Gasteiger partial charge on any atom is 0.257 e. The molecule has 8 heteroatoms. The largest absolute Gasteiger partial charge is 0.352 e. The van der Waals surface area contributed by atoms with Crippen molar-refractivity contribution >= 4 is 58.0 Å². The highest BCUT2D eigenvalue weighted by Crippen LogP contribution is 2.19. The van der Waals surface area contributed by atoms with Crippen molar-refractivity contribution in [2.45, 2.75) is 6.92 Å². The van der Waals surface area contributed by atoms with E-state index in [4.69, 9.17) is 35.4 Å². The van der Waals surface area contributed by atoms with E-state index in [9.17, 15) is 9.59 Å². The van der Waals surface area contributed by atoms with Gasteiger partial charge in [-0.05, 0) is 49.5 Å². The number of rotatable bonds is 4. The molecule has 2 amide bonds. The number of hydrogen-bond acceptors (Lipinski definition) is 3. The van der Waals surface area contributed by atoms with Gasteiger partial charge in [-0.2, -0.15) is 0 Å². The van der Waals surface area contributed by atoms with Gasteiger partial charge < -0.3 is 10.6 Å². The van der Waals surface area contributed by atoms with Crippen LogP contribution in [0, 0.1) is 0 Å². The van der Waals surface area contributed by atoms with Crippen LogP contribution >= 0.6 is 35.4 Å². The van der Waals surface area contributed by atoms with Crippen LogP contribution in [0.25, 0.3) is 0 Å². The van der Waals surface area contributed by atoms with Gasteiger partial charge in [0.2, 0.25) is 0 Å². The van der Waals surface area contributed by atoms with E-state index in [1.807, 2.05) is 6.92 Å². The second kappa shape index (κ2) is 8.80. The summed E-state index contributed by atoms with van der Waals surface area (Å²) in [4.78, 5) is 24.3. The lowest BCUT2D eigenvalue weighted by molar-refractivity contribution is 0.0954. The average Bonchev–Trinajstić information content (AvgIpc) is 2.54. The van der Waals surface area contributed by atoms with Crippen LogP contribution in [0.2, 0.25) is 10.0 Å². The molecule has 0 aliphatic carbocycles. The normalized spacial score (nSPS) is 10.0. The highest BCUT2D eigenvalue weighted by Gasteiger charge is 2.13. The van der Waals surface area contributed by atoms with E-state index in [0.717, 1.165) is 0 Å². The number of nitrogens with one attached hydrogen (secondary N) is 3. The summed E-state index contributed by atoms with van der Waals surface area (Å²) in [7, 11) is 0. The van der Waals surface area contributed by atoms with Gasteiger partial charge in [0.05, 0.1) is 11.3 Å². The highest BCUT2D eigenvalue weighted by molar-refractivity contribution is 7.80. The van der Waals surface area contributed by atoms with Gasteiger partial charge in [-0.25, -0.2) is 0 Å². The molecule has 0 aliphatic rings. The molecule has 25 heavy (non-hydrogen) atoms. The minimum absolute atomic E-state index is 0.0536. The van der Waals surface area contributed by atoms with E-state index in [0.29, 0.717) is 27.8 Å². The summed E-state index contributed by atoms with van der Waals surface area (Å²) in [5.41, 5.74) is 1.19. The second-order valence-corrected chi connectivity index (χ2v) is 6.25. The lowest BCUT2D eigenvalue weighted by Crippen LogP contribution is -2.35. The van der Waals surface area contributed by atoms with Crippen molar-refractivity contribution in [3.8, 4) is 0 Å². The van der Waals surface area contributed by atoms with Gasteiger partial charge in [-0.3, -0.25) is 14.9 Å². The molecule has 0 atom stereocenters.